The molecule has 0 bridgehead atoms. The zero-order chi connectivity index (χ0) is 13.0. The molecular weight excluding hydrogens is 230 g/mol. The average molecular weight is 251 g/mol. The first-order valence-corrected chi connectivity index (χ1v) is 6.67. The van der Waals surface area contributed by atoms with Gasteiger partial charge in [-0.3, -0.25) is 4.79 Å². The number of anilines is 1. The van der Waals surface area contributed by atoms with Gasteiger partial charge in [0.1, 0.15) is 11.6 Å². The first-order valence-electron chi connectivity index (χ1n) is 6.67. The molecule has 1 aromatic rings. The third-order valence-electron chi connectivity index (χ3n) is 3.63. The number of rotatable bonds is 4. The van der Waals surface area contributed by atoms with Crippen molar-refractivity contribution in [2.75, 3.05) is 11.9 Å². The van der Waals surface area contributed by atoms with E-state index >= 15 is 0 Å². The highest BCUT2D eigenvalue weighted by molar-refractivity contribution is 5.37. The van der Waals surface area contributed by atoms with Crippen molar-refractivity contribution >= 4 is 5.82 Å². The molecule has 1 aliphatic rings. The van der Waals surface area contributed by atoms with E-state index in [-0.39, 0.29) is 17.7 Å². The van der Waals surface area contributed by atoms with Gasteiger partial charge in [0.15, 0.2) is 0 Å². The Morgan fingerprint density at radius 2 is 2.17 bits per heavy atom. The summed E-state index contributed by atoms with van der Waals surface area (Å²) >= 11 is 0. The molecule has 1 fully saturated rings. The number of hydrogen-bond donors (Lipinski definition) is 3. The molecule has 5 heteroatoms. The van der Waals surface area contributed by atoms with Gasteiger partial charge in [-0.15, -0.1) is 0 Å². The molecule has 1 aromatic heterocycles. The molecule has 5 nitrogen and oxygen atoms in total. The van der Waals surface area contributed by atoms with Gasteiger partial charge in [-0.05, 0) is 12.8 Å². The van der Waals surface area contributed by atoms with Crippen LogP contribution < -0.4 is 10.9 Å². The molecule has 0 spiro atoms. The molecule has 1 heterocycles. The Morgan fingerprint density at radius 3 is 2.78 bits per heavy atom. The first-order chi connectivity index (χ1) is 8.67. The van der Waals surface area contributed by atoms with Crippen LogP contribution in [0.2, 0.25) is 0 Å². The highest BCUT2D eigenvalue weighted by Gasteiger charge is 2.31. The Balaban J connectivity index is 2.21. The number of H-pyrrole nitrogens is 1. The number of aromatic amines is 1. The summed E-state index contributed by atoms with van der Waals surface area (Å²) < 4.78 is 0. The van der Waals surface area contributed by atoms with Gasteiger partial charge in [0.25, 0.3) is 5.56 Å². The predicted molar refractivity (Wildman–Crippen MR) is 70.8 cm³/mol. The van der Waals surface area contributed by atoms with Gasteiger partial charge in [-0.1, -0.05) is 26.2 Å². The summed E-state index contributed by atoms with van der Waals surface area (Å²) in [4.78, 5) is 18.6. The van der Waals surface area contributed by atoms with E-state index < -0.39 is 0 Å². The van der Waals surface area contributed by atoms with Crippen LogP contribution in [-0.2, 0) is 6.42 Å². The smallest absolute Gasteiger partial charge is 0.252 e. The lowest BCUT2D eigenvalue weighted by Crippen LogP contribution is -2.44. The molecule has 0 radical (unpaired) electrons. The second-order valence-electron chi connectivity index (χ2n) is 5.05. The molecule has 1 saturated carbocycles. The average Bonchev–Trinajstić information content (AvgIpc) is 2.39. The standard InChI is InChI=1S/C13H21N3O2/c1-2-10-14-11(8-12(18)15-10)16-13(9-17)6-4-3-5-7-13/h8,17H,2-7,9H2,1H3,(H2,14,15,16,18). The number of aliphatic hydroxyl groups excluding tert-OH is 1. The lowest BCUT2D eigenvalue weighted by Gasteiger charge is -2.36. The Kier molecular flexibility index (Phi) is 4.01. The molecule has 0 aliphatic heterocycles. The van der Waals surface area contributed by atoms with Crippen LogP contribution in [0.4, 0.5) is 5.82 Å². The van der Waals surface area contributed by atoms with E-state index in [4.69, 9.17) is 0 Å². The van der Waals surface area contributed by atoms with Crippen molar-refractivity contribution in [1.29, 1.82) is 0 Å². The van der Waals surface area contributed by atoms with E-state index in [1.165, 1.54) is 12.5 Å². The van der Waals surface area contributed by atoms with Crippen molar-refractivity contribution < 1.29 is 5.11 Å². The Hall–Kier alpha value is -1.36. The molecule has 18 heavy (non-hydrogen) atoms. The van der Waals surface area contributed by atoms with Gasteiger partial charge in [0, 0.05) is 12.5 Å². The molecule has 2 rings (SSSR count). The van der Waals surface area contributed by atoms with Gasteiger partial charge >= 0.3 is 0 Å². The lowest BCUT2D eigenvalue weighted by atomic mass is 9.82. The highest BCUT2D eigenvalue weighted by atomic mass is 16.3. The van der Waals surface area contributed by atoms with E-state index in [1.54, 1.807) is 0 Å². The zero-order valence-corrected chi connectivity index (χ0v) is 10.8. The second kappa shape index (κ2) is 5.52. The maximum Gasteiger partial charge on any atom is 0.252 e. The third kappa shape index (κ3) is 2.90. The fourth-order valence-electron chi connectivity index (χ4n) is 2.56. The van der Waals surface area contributed by atoms with Crippen LogP contribution in [-0.4, -0.2) is 27.2 Å². The molecule has 1 aliphatic carbocycles. The molecule has 0 amide bonds. The number of aromatic nitrogens is 2. The van der Waals surface area contributed by atoms with Crippen LogP contribution in [0.1, 0.15) is 44.9 Å². The minimum absolute atomic E-state index is 0.0862. The fourth-order valence-corrected chi connectivity index (χ4v) is 2.56. The second-order valence-corrected chi connectivity index (χ2v) is 5.05. The summed E-state index contributed by atoms with van der Waals surface area (Å²) in [5, 5.41) is 12.9. The maximum atomic E-state index is 11.5. The number of hydrogen-bond acceptors (Lipinski definition) is 4. The van der Waals surface area contributed by atoms with Gasteiger partial charge < -0.3 is 15.4 Å². The Bertz CT molecular complexity index is 450. The van der Waals surface area contributed by atoms with Gasteiger partial charge in [-0.2, -0.15) is 0 Å². The normalized spacial score (nSPS) is 18.6. The van der Waals surface area contributed by atoms with Crippen molar-refractivity contribution in [2.45, 2.75) is 51.0 Å². The van der Waals surface area contributed by atoms with Crippen molar-refractivity contribution in [2.24, 2.45) is 0 Å². The largest absolute Gasteiger partial charge is 0.394 e. The fraction of sp³-hybridized carbons (Fsp3) is 0.692. The molecule has 100 valence electrons. The maximum absolute atomic E-state index is 11.5. The van der Waals surface area contributed by atoms with Crippen molar-refractivity contribution in [3.63, 3.8) is 0 Å². The van der Waals surface area contributed by atoms with Gasteiger partial charge in [0.05, 0.1) is 12.1 Å². The number of nitrogens with one attached hydrogen (secondary N) is 2. The van der Waals surface area contributed by atoms with Crippen molar-refractivity contribution in [3.8, 4) is 0 Å². The number of aryl methyl sites for hydroxylation is 1. The molecule has 0 unspecified atom stereocenters. The van der Waals surface area contributed by atoms with Crippen LogP contribution >= 0.6 is 0 Å². The first kappa shape index (κ1) is 13.1. The van der Waals surface area contributed by atoms with E-state index in [2.05, 4.69) is 15.3 Å². The quantitative estimate of drug-likeness (QED) is 0.756. The summed E-state index contributed by atoms with van der Waals surface area (Å²) in [5.74, 6) is 1.25. The third-order valence-corrected chi connectivity index (χ3v) is 3.63. The highest BCUT2D eigenvalue weighted by Crippen LogP contribution is 2.30. The minimum Gasteiger partial charge on any atom is -0.394 e. The van der Waals surface area contributed by atoms with Crippen LogP contribution in [0, 0.1) is 0 Å². The molecule has 0 saturated heterocycles. The van der Waals surface area contributed by atoms with Crippen molar-refractivity contribution in [3.05, 3.63) is 22.2 Å². The zero-order valence-electron chi connectivity index (χ0n) is 10.8. The van der Waals surface area contributed by atoms with E-state index in [1.807, 2.05) is 6.92 Å². The SMILES string of the molecule is CCc1nc(NC2(CO)CCCCC2)cc(=O)[nH]1. The topological polar surface area (TPSA) is 78.0 Å². The van der Waals surface area contributed by atoms with Crippen LogP contribution in [0.15, 0.2) is 10.9 Å². The lowest BCUT2D eigenvalue weighted by molar-refractivity contribution is 0.172. The van der Waals surface area contributed by atoms with Gasteiger partial charge in [-0.25, -0.2) is 4.98 Å². The summed E-state index contributed by atoms with van der Waals surface area (Å²) in [6, 6.07) is 1.46. The molecule has 0 aromatic carbocycles. The summed E-state index contributed by atoms with van der Waals surface area (Å²) in [7, 11) is 0. The Morgan fingerprint density at radius 1 is 1.44 bits per heavy atom. The van der Waals surface area contributed by atoms with Crippen LogP contribution in [0.3, 0.4) is 0 Å². The molecule has 3 N–H and O–H groups in total. The number of nitrogens with zero attached hydrogens (tertiary/aromatic N) is 1. The van der Waals surface area contributed by atoms with Crippen LogP contribution in [0.25, 0.3) is 0 Å². The van der Waals surface area contributed by atoms with Crippen molar-refractivity contribution in [1.82, 2.24) is 9.97 Å². The van der Waals surface area contributed by atoms with E-state index in [0.29, 0.717) is 18.1 Å². The number of aliphatic hydroxyl groups is 1. The molecule has 0 atom stereocenters. The van der Waals surface area contributed by atoms with E-state index in [9.17, 15) is 9.90 Å². The van der Waals surface area contributed by atoms with E-state index in [0.717, 1.165) is 25.7 Å². The summed E-state index contributed by atoms with van der Waals surface area (Å²) in [5.41, 5.74) is -0.447. The summed E-state index contributed by atoms with van der Waals surface area (Å²) in [6.45, 7) is 2.04. The Labute approximate surface area is 107 Å². The predicted octanol–water partition coefficient (Wildman–Crippen LogP) is 1.44. The monoisotopic (exact) mass is 251 g/mol. The van der Waals surface area contributed by atoms with Gasteiger partial charge in [0.2, 0.25) is 0 Å². The van der Waals surface area contributed by atoms with Crippen LogP contribution in [0.5, 0.6) is 0 Å². The molecular formula is C13H21N3O2. The summed E-state index contributed by atoms with van der Waals surface area (Å²) in [6.07, 6.45) is 5.98. The minimum atomic E-state index is -0.302.